The molecule has 1 aliphatic carbocycles. The molecule has 2 aromatic rings. The van der Waals surface area contributed by atoms with Crippen molar-refractivity contribution in [3.63, 3.8) is 0 Å². The van der Waals surface area contributed by atoms with Gasteiger partial charge in [0.15, 0.2) is 5.78 Å². The number of likely N-dealkylation sites (N-methyl/N-ethyl adjacent to an activating group) is 1. The highest BCUT2D eigenvalue weighted by Gasteiger charge is 2.51. The fourth-order valence-corrected chi connectivity index (χ4v) is 4.94. The molecule has 1 saturated heterocycles. The maximum Gasteiger partial charge on any atom is 0.315 e. The summed E-state index contributed by atoms with van der Waals surface area (Å²) in [6.07, 6.45) is 2.46. The number of carbonyl (C=O) groups excluding carboxylic acids is 2. The topological polar surface area (TPSA) is 82.2 Å². The number of rotatable bonds is 1. The predicted molar refractivity (Wildman–Crippen MR) is 102 cm³/mol. The Kier molecular flexibility index (Phi) is 4.20. The third-order valence-electron chi connectivity index (χ3n) is 6.28. The van der Waals surface area contributed by atoms with Crippen molar-refractivity contribution < 1.29 is 19.0 Å². The number of esters is 1. The lowest BCUT2D eigenvalue weighted by Crippen LogP contribution is -2.62. The summed E-state index contributed by atoms with van der Waals surface area (Å²) < 4.78 is 4.53. The fourth-order valence-electron chi connectivity index (χ4n) is 4.94. The maximum absolute atomic E-state index is 13.5. The molecule has 0 saturated carbocycles. The number of fused-ring (bicyclic) bond motifs is 5. The first-order valence-electron chi connectivity index (χ1n) is 9.29. The van der Waals surface area contributed by atoms with Gasteiger partial charge in [-0.05, 0) is 24.1 Å². The number of methoxy groups -OCH3 is 1. The van der Waals surface area contributed by atoms with Crippen molar-refractivity contribution in [3.05, 3.63) is 52.4 Å². The summed E-state index contributed by atoms with van der Waals surface area (Å²) in [5.74, 6) is -1.33. The zero-order chi connectivity index (χ0) is 19.3. The zero-order valence-corrected chi connectivity index (χ0v) is 15.8. The maximum atomic E-state index is 13.5. The van der Waals surface area contributed by atoms with E-state index in [1.807, 2.05) is 37.3 Å². The number of hydrogen-bond donors (Lipinski definition) is 1. The summed E-state index contributed by atoms with van der Waals surface area (Å²) >= 11 is 0. The Morgan fingerprint density at radius 1 is 1.33 bits per heavy atom. The molecule has 0 amide bonds. The lowest BCUT2D eigenvalue weighted by atomic mass is 9.70. The van der Waals surface area contributed by atoms with Crippen molar-refractivity contribution >= 4 is 22.7 Å². The van der Waals surface area contributed by atoms with Gasteiger partial charge in [-0.15, -0.1) is 0 Å². The number of carbonyl (C=O) groups is 2. The molecular weight excluding hydrogens is 344 g/mol. The van der Waals surface area contributed by atoms with Crippen LogP contribution in [0.1, 0.15) is 29.4 Å². The van der Waals surface area contributed by atoms with E-state index in [9.17, 15) is 14.8 Å². The average Bonchev–Trinajstić information content (AvgIpc) is 3.01. The van der Waals surface area contributed by atoms with E-state index in [0.717, 1.165) is 22.0 Å². The van der Waals surface area contributed by atoms with Gasteiger partial charge in [0.1, 0.15) is 18.5 Å². The van der Waals surface area contributed by atoms with Gasteiger partial charge in [0, 0.05) is 29.7 Å². The number of nitrogens with one attached hydrogen (secondary N) is 1. The van der Waals surface area contributed by atoms with E-state index in [1.54, 1.807) is 7.05 Å². The second-order valence-electron chi connectivity index (χ2n) is 7.77. The second kappa shape index (κ2) is 6.32. The van der Waals surface area contributed by atoms with Crippen molar-refractivity contribution in [1.82, 2.24) is 4.98 Å². The number of para-hydroxylation sites is 1. The number of allylic oxidation sites excluding steroid dienone is 1. The number of ether oxygens (including phenoxy) is 1. The van der Waals surface area contributed by atoms with Crippen LogP contribution in [-0.2, 0) is 16.0 Å². The smallest absolute Gasteiger partial charge is 0.315 e. The third kappa shape index (κ3) is 2.71. The molecule has 2 bridgehead atoms. The van der Waals surface area contributed by atoms with Gasteiger partial charge in [-0.1, -0.05) is 24.3 Å². The Hall–Kier alpha value is -2.44. The Labute approximate surface area is 158 Å². The number of aromatic amines is 1. The third-order valence-corrected chi connectivity index (χ3v) is 6.28. The van der Waals surface area contributed by atoms with Crippen molar-refractivity contribution in [3.8, 4) is 0 Å². The van der Waals surface area contributed by atoms with Crippen LogP contribution in [0.5, 0.6) is 0 Å². The number of ketones is 1. The number of H-pyrrole nitrogens is 1. The van der Waals surface area contributed by atoms with Crippen LogP contribution >= 0.6 is 0 Å². The predicted octanol–water partition coefficient (Wildman–Crippen LogP) is 2.98. The van der Waals surface area contributed by atoms with E-state index in [-0.39, 0.29) is 18.1 Å². The normalized spacial score (nSPS) is 32.1. The van der Waals surface area contributed by atoms with Crippen LogP contribution in [-0.4, -0.2) is 48.1 Å². The average molecular weight is 368 g/mol. The molecule has 0 radical (unpaired) electrons. The molecule has 1 aromatic carbocycles. The highest BCUT2D eigenvalue weighted by Crippen LogP contribution is 2.44. The Bertz CT molecular complexity index is 956. The number of likely N-dealkylation sites (tertiary alicyclic amines) is 1. The molecule has 2 heterocycles. The van der Waals surface area contributed by atoms with Gasteiger partial charge in [0.2, 0.25) is 0 Å². The first-order valence-corrected chi connectivity index (χ1v) is 9.29. The van der Waals surface area contributed by atoms with Gasteiger partial charge in [-0.25, -0.2) is 0 Å². The van der Waals surface area contributed by atoms with Gasteiger partial charge < -0.3 is 19.6 Å². The summed E-state index contributed by atoms with van der Waals surface area (Å²) in [5, 5.41) is 14.4. The molecule has 2 aliphatic rings. The first kappa shape index (κ1) is 17.9. The minimum Gasteiger partial charge on any atom is -0.633 e. The summed E-state index contributed by atoms with van der Waals surface area (Å²) in [5.41, 5.74) is 3.17. The molecule has 4 unspecified atom stereocenters. The fraction of sp³-hybridized carbons (Fsp3) is 0.429. The standard InChI is InChI=1S/C21H24N2O4/c1-4-12-11-23(2,26)17-9-15-13-7-5-6-8-16(13)22-20(15)18(24)10-14(12)19(17)21(25)27-3/h4-8,14,17,19,22H,9-11H2,1-3H3. The van der Waals surface area contributed by atoms with E-state index in [4.69, 9.17) is 4.74 Å². The number of piperidine rings is 1. The minimum absolute atomic E-state index is 0.0140. The quantitative estimate of drug-likeness (QED) is 0.363. The van der Waals surface area contributed by atoms with Crippen LogP contribution in [0.15, 0.2) is 35.9 Å². The van der Waals surface area contributed by atoms with Crippen LogP contribution in [0.4, 0.5) is 0 Å². The lowest BCUT2D eigenvalue weighted by molar-refractivity contribution is -0.890. The van der Waals surface area contributed by atoms with Gasteiger partial charge in [-0.3, -0.25) is 9.59 Å². The Morgan fingerprint density at radius 3 is 2.78 bits per heavy atom. The molecule has 27 heavy (non-hydrogen) atoms. The molecular formula is C21H24N2O4. The molecule has 1 aliphatic heterocycles. The Morgan fingerprint density at radius 2 is 2.07 bits per heavy atom. The van der Waals surface area contributed by atoms with E-state index in [0.29, 0.717) is 18.7 Å². The van der Waals surface area contributed by atoms with Crippen molar-refractivity contribution in [2.45, 2.75) is 25.8 Å². The lowest BCUT2D eigenvalue weighted by Gasteiger charge is -2.54. The van der Waals surface area contributed by atoms with Gasteiger partial charge in [0.05, 0.1) is 19.9 Å². The van der Waals surface area contributed by atoms with Crippen molar-refractivity contribution in [1.29, 1.82) is 0 Å². The van der Waals surface area contributed by atoms with Crippen LogP contribution < -0.4 is 0 Å². The summed E-state index contributed by atoms with van der Waals surface area (Å²) in [6, 6.07) is 7.24. The van der Waals surface area contributed by atoms with Gasteiger partial charge in [-0.2, -0.15) is 0 Å². The van der Waals surface area contributed by atoms with E-state index >= 15 is 0 Å². The van der Waals surface area contributed by atoms with Crippen molar-refractivity contribution in [2.24, 2.45) is 11.8 Å². The first-order chi connectivity index (χ1) is 12.9. The molecule has 142 valence electrons. The summed E-state index contributed by atoms with van der Waals surface area (Å²) in [6.45, 7) is 2.16. The molecule has 6 heteroatoms. The molecule has 1 N–H and O–H groups in total. The largest absolute Gasteiger partial charge is 0.633 e. The van der Waals surface area contributed by atoms with Gasteiger partial charge in [0.25, 0.3) is 0 Å². The van der Waals surface area contributed by atoms with Crippen LogP contribution in [0, 0.1) is 17.0 Å². The molecule has 1 aromatic heterocycles. The number of Topliss-reactive ketones (excluding diaryl/α,β-unsaturated/α-hetero) is 1. The van der Waals surface area contributed by atoms with E-state index in [1.165, 1.54) is 7.11 Å². The number of aromatic nitrogens is 1. The Balaban J connectivity index is 1.94. The molecule has 0 spiro atoms. The molecule has 4 atom stereocenters. The number of benzene rings is 1. The second-order valence-corrected chi connectivity index (χ2v) is 7.77. The SMILES string of the molecule is CC=C1C[N+](C)([O-])C2Cc3c([nH]c4ccccc34)C(=O)CC1C2C(=O)OC. The molecule has 6 nitrogen and oxygen atoms in total. The highest BCUT2D eigenvalue weighted by atomic mass is 16.5. The summed E-state index contributed by atoms with van der Waals surface area (Å²) in [7, 11) is 2.97. The number of hydrogen-bond acceptors (Lipinski definition) is 4. The number of hydroxylamine groups is 3. The highest BCUT2D eigenvalue weighted by molar-refractivity contribution is 6.03. The van der Waals surface area contributed by atoms with Crippen LogP contribution in [0.25, 0.3) is 10.9 Å². The zero-order valence-electron chi connectivity index (χ0n) is 15.8. The van der Waals surface area contributed by atoms with Crippen LogP contribution in [0.3, 0.4) is 0 Å². The summed E-state index contributed by atoms with van der Waals surface area (Å²) in [4.78, 5) is 29.1. The monoisotopic (exact) mass is 368 g/mol. The van der Waals surface area contributed by atoms with Gasteiger partial charge >= 0.3 is 5.97 Å². The minimum atomic E-state index is -0.622. The van der Waals surface area contributed by atoms with E-state index in [2.05, 4.69) is 4.98 Å². The number of quaternary nitrogens is 1. The van der Waals surface area contributed by atoms with Crippen molar-refractivity contribution in [2.75, 3.05) is 20.7 Å². The molecule has 1 fully saturated rings. The van der Waals surface area contributed by atoms with E-state index < -0.39 is 22.6 Å². The van der Waals surface area contributed by atoms with Crippen LogP contribution in [0.2, 0.25) is 0 Å². The number of nitrogens with zero attached hydrogens (tertiary/aromatic N) is 1. The molecule has 4 rings (SSSR count).